The Balaban J connectivity index is 2.35. The lowest BCUT2D eigenvalue weighted by Crippen LogP contribution is -2.25. The van der Waals surface area contributed by atoms with E-state index in [4.69, 9.17) is 5.11 Å². The van der Waals surface area contributed by atoms with Gasteiger partial charge in [0.15, 0.2) is 11.6 Å². The molecule has 0 fully saturated rings. The van der Waals surface area contributed by atoms with Crippen LogP contribution in [0, 0.1) is 5.82 Å². The largest absolute Gasteiger partial charge is 0.481 e. The molecule has 5 heteroatoms. The predicted molar refractivity (Wildman–Crippen MR) is 101 cm³/mol. The van der Waals surface area contributed by atoms with E-state index in [2.05, 4.69) is 0 Å². The van der Waals surface area contributed by atoms with Crippen molar-refractivity contribution in [3.8, 4) is 0 Å². The standard InChI is InChI=1S/C22H25FO4/c1-13-14(2)22(27)20(15(3)21(13)26)17(10-5-4-6-12-19(24)25)16-9-7-8-11-18(16)23/h7-9,11,17H,4-6,10,12H2,1-3H3,(H,24,25). The minimum absolute atomic E-state index is 0.0878. The van der Waals surface area contributed by atoms with Gasteiger partial charge in [0.1, 0.15) is 5.82 Å². The Morgan fingerprint density at radius 2 is 1.59 bits per heavy atom. The van der Waals surface area contributed by atoms with Crippen LogP contribution in [0.3, 0.4) is 0 Å². The van der Waals surface area contributed by atoms with Gasteiger partial charge in [0.05, 0.1) is 0 Å². The first kappa shape index (κ1) is 20.7. The normalized spacial score (nSPS) is 16.1. The number of carbonyl (C=O) groups is 3. The van der Waals surface area contributed by atoms with E-state index in [1.807, 2.05) is 0 Å². The number of benzene rings is 1. The molecule has 0 aliphatic heterocycles. The van der Waals surface area contributed by atoms with Crippen molar-refractivity contribution in [2.24, 2.45) is 0 Å². The Bertz CT molecular complexity index is 832. The molecule has 1 atom stereocenters. The number of aliphatic carboxylic acids is 1. The monoisotopic (exact) mass is 372 g/mol. The van der Waals surface area contributed by atoms with E-state index < -0.39 is 17.7 Å². The third kappa shape index (κ3) is 4.59. The van der Waals surface area contributed by atoms with Gasteiger partial charge in [0.25, 0.3) is 0 Å². The Morgan fingerprint density at radius 1 is 0.963 bits per heavy atom. The number of unbranched alkanes of at least 4 members (excludes halogenated alkanes) is 2. The van der Waals surface area contributed by atoms with Gasteiger partial charge in [-0.2, -0.15) is 0 Å². The first-order chi connectivity index (χ1) is 12.8. The van der Waals surface area contributed by atoms with Crippen LogP contribution in [-0.2, 0) is 14.4 Å². The summed E-state index contributed by atoms with van der Waals surface area (Å²) < 4.78 is 14.5. The molecule has 0 amide bonds. The highest BCUT2D eigenvalue weighted by Crippen LogP contribution is 2.38. The average Bonchev–Trinajstić information content (AvgIpc) is 2.63. The third-order valence-corrected chi connectivity index (χ3v) is 5.25. The fourth-order valence-corrected chi connectivity index (χ4v) is 3.55. The summed E-state index contributed by atoms with van der Waals surface area (Å²) in [7, 11) is 0. The van der Waals surface area contributed by atoms with Crippen LogP contribution in [0.2, 0.25) is 0 Å². The summed E-state index contributed by atoms with van der Waals surface area (Å²) in [5.41, 5.74) is 2.00. The number of Topliss-reactive ketones (excluding diaryl/α,β-unsaturated/α-hetero) is 2. The Morgan fingerprint density at radius 3 is 2.22 bits per heavy atom. The topological polar surface area (TPSA) is 71.4 Å². The average molecular weight is 372 g/mol. The number of halogens is 1. The van der Waals surface area contributed by atoms with E-state index in [1.165, 1.54) is 6.07 Å². The van der Waals surface area contributed by atoms with Crippen LogP contribution < -0.4 is 0 Å². The summed E-state index contributed by atoms with van der Waals surface area (Å²) in [6.07, 6.45) is 2.41. The third-order valence-electron chi connectivity index (χ3n) is 5.25. The van der Waals surface area contributed by atoms with E-state index in [0.717, 1.165) is 0 Å². The van der Waals surface area contributed by atoms with Gasteiger partial charge >= 0.3 is 5.97 Å². The van der Waals surface area contributed by atoms with Gasteiger partial charge in [-0.25, -0.2) is 4.39 Å². The van der Waals surface area contributed by atoms with Gasteiger partial charge in [-0.15, -0.1) is 0 Å². The molecular weight excluding hydrogens is 347 g/mol. The van der Waals surface area contributed by atoms with Gasteiger partial charge in [-0.3, -0.25) is 14.4 Å². The van der Waals surface area contributed by atoms with Crippen LogP contribution in [-0.4, -0.2) is 22.6 Å². The highest BCUT2D eigenvalue weighted by atomic mass is 19.1. The predicted octanol–water partition coefficient (Wildman–Crippen LogP) is 4.75. The van der Waals surface area contributed by atoms with Gasteiger partial charge in [0.2, 0.25) is 0 Å². The number of carboxylic acids is 1. The summed E-state index contributed by atoms with van der Waals surface area (Å²) in [5.74, 6) is -2.14. The lowest BCUT2D eigenvalue weighted by Gasteiger charge is -2.26. The minimum Gasteiger partial charge on any atom is -0.481 e. The minimum atomic E-state index is -0.844. The molecule has 0 aromatic heterocycles. The van der Waals surface area contributed by atoms with Crippen LogP contribution in [0.4, 0.5) is 4.39 Å². The van der Waals surface area contributed by atoms with Gasteiger partial charge < -0.3 is 5.11 Å². The van der Waals surface area contributed by atoms with Crippen LogP contribution in [0.5, 0.6) is 0 Å². The molecule has 1 aromatic rings. The summed E-state index contributed by atoms with van der Waals surface area (Å²) in [4.78, 5) is 36.1. The lowest BCUT2D eigenvalue weighted by molar-refractivity contribution is -0.137. The van der Waals surface area contributed by atoms with E-state index in [1.54, 1.807) is 39.0 Å². The van der Waals surface area contributed by atoms with Gasteiger partial charge in [-0.1, -0.05) is 31.0 Å². The number of rotatable bonds is 8. The molecule has 2 rings (SSSR count). The molecule has 1 unspecified atom stereocenters. The van der Waals surface area contributed by atoms with Crippen LogP contribution >= 0.6 is 0 Å². The lowest BCUT2D eigenvalue weighted by atomic mass is 9.75. The van der Waals surface area contributed by atoms with Crippen LogP contribution in [0.25, 0.3) is 0 Å². The Hall–Kier alpha value is -2.56. The molecule has 0 bridgehead atoms. The van der Waals surface area contributed by atoms with Crippen molar-refractivity contribution in [2.75, 3.05) is 0 Å². The van der Waals surface area contributed by atoms with E-state index in [0.29, 0.717) is 53.5 Å². The zero-order valence-corrected chi connectivity index (χ0v) is 16.0. The molecule has 27 heavy (non-hydrogen) atoms. The second-order valence-electron chi connectivity index (χ2n) is 7.01. The van der Waals surface area contributed by atoms with Crippen molar-refractivity contribution in [1.82, 2.24) is 0 Å². The number of hydrogen-bond acceptors (Lipinski definition) is 3. The maximum Gasteiger partial charge on any atom is 0.303 e. The summed E-state index contributed by atoms with van der Waals surface area (Å²) in [5, 5.41) is 8.75. The summed E-state index contributed by atoms with van der Waals surface area (Å²) in [6, 6.07) is 6.31. The smallest absolute Gasteiger partial charge is 0.303 e. The summed E-state index contributed by atoms with van der Waals surface area (Å²) in [6.45, 7) is 4.90. The second-order valence-corrected chi connectivity index (χ2v) is 7.01. The van der Waals surface area contributed by atoms with Crippen molar-refractivity contribution in [3.05, 3.63) is 57.9 Å². The molecule has 1 aromatic carbocycles. The van der Waals surface area contributed by atoms with Crippen molar-refractivity contribution in [2.45, 2.75) is 58.8 Å². The molecule has 1 N–H and O–H groups in total. The Labute approximate surface area is 158 Å². The fraction of sp³-hybridized carbons (Fsp3) is 0.409. The maximum absolute atomic E-state index is 14.5. The van der Waals surface area contributed by atoms with Crippen molar-refractivity contribution in [1.29, 1.82) is 0 Å². The SMILES string of the molecule is CC1=C(C)C(=O)C(C(CCCCCC(=O)O)c2ccccc2F)=C(C)C1=O. The van der Waals surface area contributed by atoms with Crippen molar-refractivity contribution in [3.63, 3.8) is 0 Å². The van der Waals surface area contributed by atoms with E-state index in [9.17, 15) is 18.8 Å². The molecule has 1 aliphatic carbocycles. The van der Waals surface area contributed by atoms with Crippen molar-refractivity contribution < 1.29 is 23.9 Å². The first-order valence-corrected chi connectivity index (χ1v) is 9.19. The molecule has 0 spiro atoms. The molecule has 1 aliphatic rings. The van der Waals surface area contributed by atoms with Crippen molar-refractivity contribution >= 4 is 17.5 Å². The molecule has 4 nitrogen and oxygen atoms in total. The van der Waals surface area contributed by atoms with Gasteiger partial charge in [-0.05, 0) is 45.2 Å². The molecular formula is C22H25FO4. The first-order valence-electron chi connectivity index (χ1n) is 9.19. The molecule has 0 heterocycles. The van der Waals surface area contributed by atoms with Gasteiger partial charge in [0, 0.05) is 34.6 Å². The van der Waals surface area contributed by atoms with Crippen LogP contribution in [0.1, 0.15) is 64.4 Å². The molecule has 0 saturated heterocycles. The van der Waals surface area contributed by atoms with Crippen LogP contribution in [0.15, 0.2) is 46.6 Å². The fourth-order valence-electron chi connectivity index (χ4n) is 3.55. The Kier molecular flexibility index (Phi) is 6.83. The number of hydrogen-bond donors (Lipinski definition) is 1. The molecule has 144 valence electrons. The summed E-state index contributed by atoms with van der Waals surface area (Å²) >= 11 is 0. The quantitative estimate of drug-likeness (QED) is 0.528. The number of ketones is 2. The highest BCUT2D eigenvalue weighted by Gasteiger charge is 2.34. The molecule has 0 radical (unpaired) electrons. The number of carbonyl (C=O) groups excluding carboxylic acids is 2. The number of carboxylic acid groups (broad SMARTS) is 1. The maximum atomic E-state index is 14.5. The molecule has 0 saturated carbocycles. The number of allylic oxidation sites excluding steroid dienone is 4. The zero-order chi connectivity index (χ0) is 20.1. The second kappa shape index (κ2) is 8.89. The highest BCUT2D eigenvalue weighted by molar-refractivity contribution is 6.25. The zero-order valence-electron chi connectivity index (χ0n) is 16.0. The van der Waals surface area contributed by atoms with E-state index in [-0.39, 0.29) is 18.0 Å². The van der Waals surface area contributed by atoms with E-state index >= 15 is 0 Å².